The van der Waals surface area contributed by atoms with Crippen LogP contribution in [0.2, 0.25) is 0 Å². The Labute approximate surface area is 89.9 Å². The first-order valence-electron chi connectivity index (χ1n) is 4.52. The Morgan fingerprint density at radius 3 is 1.80 bits per heavy atom. The van der Waals surface area contributed by atoms with E-state index in [0.717, 1.165) is 5.56 Å². The van der Waals surface area contributed by atoms with Gasteiger partial charge >= 0.3 is 0 Å². The zero-order chi connectivity index (χ0) is 11.4. The highest BCUT2D eigenvalue weighted by Crippen LogP contribution is 2.39. The fraction of sp³-hybridized carbons (Fsp3) is 0.364. The highest BCUT2D eigenvalue weighted by molar-refractivity contribution is 5.54. The molecule has 0 aliphatic carbocycles. The first-order valence-corrected chi connectivity index (χ1v) is 4.52. The van der Waals surface area contributed by atoms with Gasteiger partial charge in [-0.2, -0.15) is 0 Å². The van der Waals surface area contributed by atoms with Crippen LogP contribution in [0.4, 0.5) is 0 Å². The maximum atomic E-state index is 5.69. The minimum atomic E-state index is -0.321. The van der Waals surface area contributed by atoms with E-state index in [1.807, 2.05) is 0 Å². The molecule has 1 rings (SSSR count). The Morgan fingerprint density at radius 1 is 1.07 bits per heavy atom. The van der Waals surface area contributed by atoms with Crippen molar-refractivity contribution in [3.63, 3.8) is 0 Å². The third kappa shape index (κ3) is 2.33. The summed E-state index contributed by atoms with van der Waals surface area (Å²) in [7, 11) is 4.69. The molecule has 0 aromatic heterocycles. The van der Waals surface area contributed by atoms with Crippen molar-refractivity contribution in [3.05, 3.63) is 24.6 Å². The maximum absolute atomic E-state index is 5.69. The number of rotatable bonds is 4. The van der Waals surface area contributed by atoms with Gasteiger partial charge in [0.15, 0.2) is 11.5 Å². The molecule has 4 nitrogen and oxygen atoms in total. The summed E-state index contributed by atoms with van der Waals surface area (Å²) in [5.41, 5.74) is 6.53. The second kappa shape index (κ2) is 4.89. The van der Waals surface area contributed by atoms with E-state index in [0.29, 0.717) is 17.2 Å². The third-order valence-corrected chi connectivity index (χ3v) is 2.12. The van der Waals surface area contributed by atoms with Crippen LogP contribution in [0, 0.1) is 6.92 Å². The molecule has 0 aliphatic rings. The smallest absolute Gasteiger partial charge is 0.203 e. The summed E-state index contributed by atoms with van der Waals surface area (Å²) in [4.78, 5) is 0. The molecule has 1 unspecified atom stereocenters. The van der Waals surface area contributed by atoms with Crippen molar-refractivity contribution in [2.75, 3.05) is 21.3 Å². The Kier molecular flexibility index (Phi) is 3.80. The van der Waals surface area contributed by atoms with E-state index in [9.17, 15) is 0 Å². The second-order valence-electron chi connectivity index (χ2n) is 3.07. The number of benzene rings is 1. The number of hydrogen-bond acceptors (Lipinski definition) is 4. The predicted molar refractivity (Wildman–Crippen MR) is 58.4 cm³/mol. The molecule has 1 aromatic carbocycles. The van der Waals surface area contributed by atoms with Crippen LogP contribution in [0.5, 0.6) is 17.2 Å². The summed E-state index contributed by atoms with van der Waals surface area (Å²) in [6.45, 7) is 3.74. The van der Waals surface area contributed by atoms with Crippen molar-refractivity contribution in [2.24, 2.45) is 5.73 Å². The van der Waals surface area contributed by atoms with Crippen LogP contribution < -0.4 is 19.9 Å². The molecule has 0 bridgehead atoms. The number of nitrogens with two attached hydrogens (primary N) is 1. The quantitative estimate of drug-likeness (QED) is 0.819. The summed E-state index contributed by atoms with van der Waals surface area (Å²) < 4.78 is 15.5. The molecule has 1 radical (unpaired) electrons. The van der Waals surface area contributed by atoms with Gasteiger partial charge in [-0.25, -0.2) is 0 Å². The lowest BCUT2D eigenvalue weighted by Crippen LogP contribution is -2.06. The Morgan fingerprint density at radius 2 is 1.53 bits per heavy atom. The molecule has 1 atom stereocenters. The summed E-state index contributed by atoms with van der Waals surface area (Å²) in [6.07, 6.45) is 0. The van der Waals surface area contributed by atoms with Crippen molar-refractivity contribution in [1.29, 1.82) is 0 Å². The molecule has 15 heavy (non-hydrogen) atoms. The maximum Gasteiger partial charge on any atom is 0.203 e. The Hall–Kier alpha value is -1.42. The Bertz CT molecular complexity index is 312. The molecular formula is C11H16NO3. The van der Waals surface area contributed by atoms with Gasteiger partial charge in [-0.15, -0.1) is 0 Å². The van der Waals surface area contributed by atoms with Gasteiger partial charge in [0, 0.05) is 6.04 Å². The number of methoxy groups -OCH3 is 3. The van der Waals surface area contributed by atoms with Gasteiger partial charge < -0.3 is 19.9 Å². The molecule has 0 saturated carbocycles. The van der Waals surface area contributed by atoms with E-state index < -0.39 is 0 Å². The fourth-order valence-corrected chi connectivity index (χ4v) is 1.32. The molecule has 0 saturated heterocycles. The normalized spacial score (nSPS) is 12.1. The van der Waals surface area contributed by atoms with E-state index in [1.54, 1.807) is 33.5 Å². The minimum absolute atomic E-state index is 0.321. The molecule has 2 N–H and O–H groups in total. The Balaban J connectivity index is 3.29. The van der Waals surface area contributed by atoms with Crippen LogP contribution in [-0.2, 0) is 0 Å². The second-order valence-corrected chi connectivity index (χ2v) is 3.07. The minimum Gasteiger partial charge on any atom is -0.493 e. The lowest BCUT2D eigenvalue weighted by molar-refractivity contribution is 0.323. The summed E-state index contributed by atoms with van der Waals surface area (Å²) in [5.74, 6) is 1.74. The first kappa shape index (κ1) is 11.7. The lowest BCUT2D eigenvalue weighted by atomic mass is 10.1. The molecule has 1 aromatic rings. The average molecular weight is 210 g/mol. The van der Waals surface area contributed by atoms with Crippen LogP contribution in [0.3, 0.4) is 0 Å². The lowest BCUT2D eigenvalue weighted by Gasteiger charge is -2.15. The predicted octanol–water partition coefficient (Wildman–Crippen LogP) is 1.55. The largest absolute Gasteiger partial charge is 0.493 e. The summed E-state index contributed by atoms with van der Waals surface area (Å²) in [5, 5.41) is 0. The van der Waals surface area contributed by atoms with Crippen molar-refractivity contribution < 1.29 is 14.2 Å². The third-order valence-electron chi connectivity index (χ3n) is 2.12. The van der Waals surface area contributed by atoms with Gasteiger partial charge in [0.25, 0.3) is 0 Å². The topological polar surface area (TPSA) is 53.7 Å². The van der Waals surface area contributed by atoms with Crippen LogP contribution >= 0.6 is 0 Å². The molecular weight excluding hydrogens is 194 g/mol. The van der Waals surface area contributed by atoms with Crippen molar-refractivity contribution in [1.82, 2.24) is 0 Å². The summed E-state index contributed by atoms with van der Waals surface area (Å²) >= 11 is 0. The van der Waals surface area contributed by atoms with Crippen molar-refractivity contribution in [3.8, 4) is 17.2 Å². The molecule has 0 spiro atoms. The molecule has 0 heterocycles. The number of hydrogen-bond donors (Lipinski definition) is 1. The average Bonchev–Trinajstić information content (AvgIpc) is 2.26. The summed E-state index contributed by atoms with van der Waals surface area (Å²) in [6, 6.07) is 3.26. The standard InChI is InChI=1S/C11H16NO3/c1-7(12)8-5-9(13-2)11(15-4)10(6-8)14-3/h5-7H,1,12H2,2-4H3. The van der Waals surface area contributed by atoms with Gasteiger partial charge in [-0.3, -0.25) is 0 Å². The van der Waals surface area contributed by atoms with Crippen molar-refractivity contribution >= 4 is 0 Å². The number of ether oxygens (including phenoxy) is 3. The van der Waals surface area contributed by atoms with Gasteiger partial charge in [0.05, 0.1) is 21.3 Å². The van der Waals surface area contributed by atoms with Crippen LogP contribution in [0.15, 0.2) is 12.1 Å². The molecule has 0 amide bonds. The van der Waals surface area contributed by atoms with Crippen LogP contribution in [0.1, 0.15) is 11.6 Å². The highest BCUT2D eigenvalue weighted by Gasteiger charge is 2.14. The van der Waals surface area contributed by atoms with Gasteiger partial charge in [-0.1, -0.05) is 0 Å². The van der Waals surface area contributed by atoms with Crippen molar-refractivity contribution in [2.45, 2.75) is 6.04 Å². The van der Waals surface area contributed by atoms with Gasteiger partial charge in [-0.05, 0) is 24.6 Å². The fourth-order valence-electron chi connectivity index (χ4n) is 1.32. The zero-order valence-corrected chi connectivity index (χ0v) is 9.24. The van der Waals surface area contributed by atoms with E-state index in [4.69, 9.17) is 19.9 Å². The van der Waals surface area contributed by atoms with Crippen LogP contribution in [-0.4, -0.2) is 21.3 Å². The highest BCUT2D eigenvalue weighted by atomic mass is 16.5. The van der Waals surface area contributed by atoms with E-state index in [1.165, 1.54) is 0 Å². The van der Waals surface area contributed by atoms with Crippen LogP contribution in [0.25, 0.3) is 0 Å². The van der Waals surface area contributed by atoms with Gasteiger partial charge in [0.1, 0.15) is 0 Å². The van der Waals surface area contributed by atoms with E-state index in [-0.39, 0.29) is 6.04 Å². The SMILES string of the molecule is [CH2]C(N)c1cc(OC)c(OC)c(OC)c1. The first-order chi connectivity index (χ1) is 7.13. The molecule has 0 fully saturated rings. The molecule has 4 heteroatoms. The van der Waals surface area contributed by atoms with E-state index >= 15 is 0 Å². The molecule has 0 aliphatic heterocycles. The zero-order valence-electron chi connectivity index (χ0n) is 9.24. The monoisotopic (exact) mass is 210 g/mol. The molecule has 83 valence electrons. The van der Waals surface area contributed by atoms with Gasteiger partial charge in [0.2, 0.25) is 5.75 Å². The van der Waals surface area contributed by atoms with E-state index in [2.05, 4.69) is 6.92 Å².